The molecule has 1 amide bonds. The molecule has 3 aliphatic heterocycles. The fourth-order valence-electron chi connectivity index (χ4n) is 4.54. The van der Waals surface area contributed by atoms with Gasteiger partial charge >= 0.3 is 0 Å². The van der Waals surface area contributed by atoms with Crippen molar-refractivity contribution >= 4 is 23.1 Å². The van der Waals surface area contributed by atoms with Crippen LogP contribution in [0.25, 0.3) is 5.76 Å². The Morgan fingerprint density at radius 1 is 1.06 bits per heavy atom. The molecule has 182 valence electrons. The van der Waals surface area contributed by atoms with Crippen molar-refractivity contribution in [3.05, 3.63) is 69.3 Å². The number of ether oxygens (including phenoxy) is 3. The molecule has 1 N–H and O–H groups in total. The van der Waals surface area contributed by atoms with Crippen molar-refractivity contribution in [2.75, 3.05) is 46.2 Å². The fraction of sp³-hybridized carbons (Fsp3) is 0.333. The summed E-state index contributed by atoms with van der Waals surface area (Å²) in [4.78, 5) is 40.7. The number of nitro benzene ring substituents is 1. The van der Waals surface area contributed by atoms with Crippen LogP contribution in [-0.4, -0.2) is 77.7 Å². The van der Waals surface area contributed by atoms with Gasteiger partial charge in [-0.25, -0.2) is 0 Å². The van der Waals surface area contributed by atoms with Gasteiger partial charge in [0.2, 0.25) is 6.79 Å². The lowest BCUT2D eigenvalue weighted by Gasteiger charge is -2.31. The number of hydrogen-bond donors (Lipinski definition) is 1. The second-order valence-corrected chi connectivity index (χ2v) is 8.37. The number of carbonyl (C=O) groups is 2. The lowest BCUT2D eigenvalue weighted by Crippen LogP contribution is -2.42. The van der Waals surface area contributed by atoms with E-state index in [2.05, 4.69) is 4.90 Å². The number of amides is 1. The summed E-state index contributed by atoms with van der Waals surface area (Å²) in [6, 6.07) is 9.48. The van der Waals surface area contributed by atoms with E-state index in [1.807, 2.05) is 0 Å². The van der Waals surface area contributed by atoms with Gasteiger partial charge in [0.15, 0.2) is 11.5 Å². The molecule has 0 aromatic heterocycles. The first kappa shape index (κ1) is 22.8. The number of morpholine rings is 1. The zero-order chi connectivity index (χ0) is 24.5. The molecular formula is C24H23N3O8. The summed E-state index contributed by atoms with van der Waals surface area (Å²) in [5.74, 6) is -1.09. The number of likely N-dealkylation sites (tertiary alicyclic amines) is 1. The maximum atomic E-state index is 13.2. The molecule has 3 aliphatic rings. The van der Waals surface area contributed by atoms with Gasteiger partial charge in [-0.1, -0.05) is 12.1 Å². The van der Waals surface area contributed by atoms with Crippen LogP contribution in [0.3, 0.4) is 0 Å². The van der Waals surface area contributed by atoms with Crippen LogP contribution in [0.5, 0.6) is 11.5 Å². The topological polar surface area (TPSA) is 132 Å². The average Bonchev–Trinajstić information content (AvgIpc) is 3.45. The number of nitro groups is 1. The van der Waals surface area contributed by atoms with Crippen LogP contribution in [-0.2, 0) is 14.3 Å². The van der Waals surface area contributed by atoms with Crippen LogP contribution in [0, 0.1) is 10.1 Å². The number of Topliss-reactive ketones (excluding diaryl/α,β-unsaturated/α-hetero) is 1. The predicted molar refractivity (Wildman–Crippen MR) is 122 cm³/mol. The number of ketones is 1. The molecule has 2 aromatic carbocycles. The Kier molecular flexibility index (Phi) is 6.10. The number of benzene rings is 2. The summed E-state index contributed by atoms with van der Waals surface area (Å²) in [5, 5.41) is 22.6. The fourth-order valence-corrected chi connectivity index (χ4v) is 4.54. The SMILES string of the molecule is O=C1C(=O)N(CCN2CCOCC2)C(c2cccc([N+](=O)[O-])c2)/C1=C(\O)c1ccc2c(c1)OCO2. The van der Waals surface area contributed by atoms with Crippen molar-refractivity contribution in [2.45, 2.75) is 6.04 Å². The maximum Gasteiger partial charge on any atom is 0.295 e. The molecule has 11 heteroatoms. The van der Waals surface area contributed by atoms with Crippen molar-refractivity contribution in [3.8, 4) is 11.5 Å². The van der Waals surface area contributed by atoms with Crippen LogP contribution < -0.4 is 9.47 Å². The van der Waals surface area contributed by atoms with Crippen LogP contribution in [0.15, 0.2) is 48.0 Å². The third-order valence-electron chi connectivity index (χ3n) is 6.34. The Balaban J connectivity index is 1.56. The van der Waals surface area contributed by atoms with E-state index in [4.69, 9.17) is 14.2 Å². The third-order valence-corrected chi connectivity index (χ3v) is 6.34. The Bertz CT molecular complexity index is 1220. The summed E-state index contributed by atoms with van der Waals surface area (Å²) < 4.78 is 16.0. The van der Waals surface area contributed by atoms with Crippen molar-refractivity contribution < 1.29 is 33.8 Å². The van der Waals surface area contributed by atoms with Crippen LogP contribution in [0.2, 0.25) is 0 Å². The van der Waals surface area contributed by atoms with E-state index in [9.17, 15) is 24.8 Å². The number of aliphatic hydroxyl groups excluding tert-OH is 1. The molecule has 0 aliphatic carbocycles. The predicted octanol–water partition coefficient (Wildman–Crippen LogP) is 2.08. The van der Waals surface area contributed by atoms with E-state index < -0.39 is 22.7 Å². The summed E-state index contributed by atoms with van der Waals surface area (Å²) in [7, 11) is 0. The van der Waals surface area contributed by atoms with Gasteiger partial charge in [-0.2, -0.15) is 0 Å². The Labute approximate surface area is 200 Å². The molecule has 2 fully saturated rings. The first-order chi connectivity index (χ1) is 16.9. The summed E-state index contributed by atoms with van der Waals surface area (Å²) in [5.41, 5.74) is 0.333. The zero-order valence-electron chi connectivity index (χ0n) is 18.7. The lowest BCUT2D eigenvalue weighted by molar-refractivity contribution is -0.384. The van der Waals surface area contributed by atoms with Crippen molar-refractivity contribution in [1.82, 2.24) is 9.80 Å². The minimum Gasteiger partial charge on any atom is -0.507 e. The molecule has 0 bridgehead atoms. The van der Waals surface area contributed by atoms with E-state index in [1.54, 1.807) is 18.2 Å². The van der Waals surface area contributed by atoms with E-state index in [0.717, 1.165) is 0 Å². The molecule has 0 spiro atoms. The van der Waals surface area contributed by atoms with Gasteiger partial charge in [-0.15, -0.1) is 0 Å². The summed E-state index contributed by atoms with van der Waals surface area (Å²) in [6.45, 7) is 3.29. The highest BCUT2D eigenvalue weighted by atomic mass is 16.7. The first-order valence-corrected chi connectivity index (χ1v) is 11.2. The summed E-state index contributed by atoms with van der Waals surface area (Å²) in [6.07, 6.45) is 0. The average molecular weight is 481 g/mol. The van der Waals surface area contributed by atoms with Crippen LogP contribution in [0.1, 0.15) is 17.2 Å². The molecule has 35 heavy (non-hydrogen) atoms. The van der Waals surface area contributed by atoms with Crippen molar-refractivity contribution in [2.24, 2.45) is 0 Å². The van der Waals surface area contributed by atoms with E-state index >= 15 is 0 Å². The van der Waals surface area contributed by atoms with Crippen molar-refractivity contribution in [3.63, 3.8) is 0 Å². The summed E-state index contributed by atoms with van der Waals surface area (Å²) >= 11 is 0. The quantitative estimate of drug-likeness (QED) is 0.217. The number of hydrogen-bond acceptors (Lipinski definition) is 9. The van der Waals surface area contributed by atoms with E-state index in [-0.39, 0.29) is 35.9 Å². The van der Waals surface area contributed by atoms with Gasteiger partial charge in [0.1, 0.15) is 5.76 Å². The number of nitrogens with zero attached hydrogens (tertiary/aromatic N) is 3. The Morgan fingerprint density at radius 2 is 1.83 bits per heavy atom. The molecule has 2 saturated heterocycles. The second-order valence-electron chi connectivity index (χ2n) is 8.37. The van der Waals surface area contributed by atoms with Gasteiger partial charge in [-0.3, -0.25) is 24.6 Å². The van der Waals surface area contributed by atoms with Gasteiger partial charge < -0.3 is 24.2 Å². The molecular weight excluding hydrogens is 458 g/mol. The lowest BCUT2D eigenvalue weighted by atomic mass is 9.95. The van der Waals surface area contributed by atoms with E-state index in [1.165, 1.54) is 29.2 Å². The highest BCUT2D eigenvalue weighted by Gasteiger charge is 2.46. The Morgan fingerprint density at radius 3 is 2.60 bits per heavy atom. The highest BCUT2D eigenvalue weighted by molar-refractivity contribution is 6.46. The molecule has 2 aromatic rings. The van der Waals surface area contributed by atoms with Crippen LogP contribution in [0.4, 0.5) is 5.69 Å². The third kappa shape index (κ3) is 4.31. The number of rotatable bonds is 6. The van der Waals surface area contributed by atoms with Gasteiger partial charge in [-0.05, 0) is 23.8 Å². The molecule has 1 atom stereocenters. The van der Waals surface area contributed by atoms with Gasteiger partial charge in [0, 0.05) is 43.9 Å². The van der Waals surface area contributed by atoms with E-state index in [0.29, 0.717) is 49.9 Å². The second kappa shape index (κ2) is 9.35. The molecule has 11 nitrogen and oxygen atoms in total. The minimum atomic E-state index is -0.985. The largest absolute Gasteiger partial charge is 0.507 e. The monoisotopic (exact) mass is 481 g/mol. The van der Waals surface area contributed by atoms with Gasteiger partial charge in [0.25, 0.3) is 17.4 Å². The van der Waals surface area contributed by atoms with Crippen LogP contribution >= 0.6 is 0 Å². The smallest absolute Gasteiger partial charge is 0.295 e. The number of aliphatic hydroxyl groups is 1. The molecule has 1 unspecified atom stereocenters. The highest BCUT2D eigenvalue weighted by Crippen LogP contribution is 2.41. The zero-order valence-corrected chi connectivity index (χ0v) is 18.7. The maximum absolute atomic E-state index is 13.2. The van der Waals surface area contributed by atoms with Crippen molar-refractivity contribution in [1.29, 1.82) is 0 Å². The minimum absolute atomic E-state index is 0.0408. The molecule has 0 radical (unpaired) electrons. The van der Waals surface area contributed by atoms with Gasteiger partial charge in [0.05, 0.1) is 29.8 Å². The molecule has 5 rings (SSSR count). The number of fused-ring (bicyclic) bond motifs is 1. The normalized spacial score (nSPS) is 21.5. The number of non-ortho nitro benzene ring substituents is 1. The molecule has 3 heterocycles. The standard InChI is InChI=1S/C24H23N3O8/c28-22(16-4-5-18-19(13-16)35-14-34-18)20-21(15-2-1-3-17(12-15)27(31)32)26(24(30)23(20)29)7-6-25-8-10-33-11-9-25/h1-5,12-13,21,28H,6-11,14H2/b22-20+. The number of carbonyl (C=O) groups excluding carboxylic acids is 2. The first-order valence-electron chi connectivity index (χ1n) is 11.2. The Hall–Kier alpha value is -3.96. The molecule has 0 saturated carbocycles.